The van der Waals surface area contributed by atoms with Crippen molar-refractivity contribution in [2.75, 3.05) is 19.1 Å². The molecule has 0 saturated carbocycles. The van der Waals surface area contributed by atoms with E-state index < -0.39 is 25.2 Å². The highest BCUT2D eigenvalue weighted by molar-refractivity contribution is 7.86. The predicted molar refractivity (Wildman–Crippen MR) is 73.1 cm³/mol. The summed E-state index contributed by atoms with van der Waals surface area (Å²) in [5, 5.41) is 10.7. The Bertz CT molecular complexity index is 738. The van der Waals surface area contributed by atoms with E-state index in [4.69, 9.17) is 4.18 Å². The van der Waals surface area contributed by atoms with Gasteiger partial charge in [-0.3, -0.25) is 14.3 Å². The molecule has 0 amide bonds. The standard InChI is InChI=1S/C10H13NO8S2/c1-20(14,15)18-6-5-8-7-9(11(12)13)3-4-10(8)19-21(2,16)17/h3-4,7H,5-6H2,1-2H3. The number of non-ortho nitro benzene ring substituents is 1. The molecule has 0 fully saturated rings. The van der Waals surface area contributed by atoms with Gasteiger partial charge < -0.3 is 4.18 Å². The third-order valence-corrected chi connectivity index (χ3v) is 3.24. The summed E-state index contributed by atoms with van der Waals surface area (Å²) in [6, 6.07) is 3.32. The molecule has 0 atom stereocenters. The first-order valence-electron chi connectivity index (χ1n) is 5.49. The largest absolute Gasteiger partial charge is 0.382 e. The van der Waals surface area contributed by atoms with E-state index in [1.807, 2.05) is 0 Å². The maximum absolute atomic E-state index is 11.1. The molecule has 0 saturated heterocycles. The smallest absolute Gasteiger partial charge is 0.306 e. The van der Waals surface area contributed by atoms with Crippen LogP contribution >= 0.6 is 0 Å². The summed E-state index contributed by atoms with van der Waals surface area (Å²) in [5.41, 5.74) is -0.122. The second kappa shape index (κ2) is 6.37. The first kappa shape index (κ1) is 17.3. The molecular weight excluding hydrogens is 326 g/mol. The zero-order valence-corrected chi connectivity index (χ0v) is 12.8. The highest BCUT2D eigenvalue weighted by Gasteiger charge is 2.15. The second-order valence-electron chi connectivity index (χ2n) is 4.11. The lowest BCUT2D eigenvalue weighted by Crippen LogP contribution is -2.10. The van der Waals surface area contributed by atoms with Gasteiger partial charge in [-0.25, -0.2) is 0 Å². The molecule has 0 aliphatic heterocycles. The summed E-state index contributed by atoms with van der Waals surface area (Å²) in [5.74, 6) is -0.111. The van der Waals surface area contributed by atoms with Crippen molar-refractivity contribution in [1.82, 2.24) is 0 Å². The highest BCUT2D eigenvalue weighted by atomic mass is 32.2. The molecule has 0 aliphatic rings. The molecule has 0 heterocycles. The lowest BCUT2D eigenvalue weighted by Gasteiger charge is -2.09. The van der Waals surface area contributed by atoms with Gasteiger partial charge in [-0.15, -0.1) is 0 Å². The van der Waals surface area contributed by atoms with E-state index in [0.29, 0.717) is 0 Å². The van der Waals surface area contributed by atoms with Gasteiger partial charge in [-0.2, -0.15) is 16.8 Å². The summed E-state index contributed by atoms with van der Waals surface area (Å²) in [7, 11) is -7.48. The Balaban J connectivity index is 3.05. The van der Waals surface area contributed by atoms with Crippen molar-refractivity contribution >= 4 is 25.9 Å². The molecule has 0 radical (unpaired) electrons. The van der Waals surface area contributed by atoms with Crippen LogP contribution < -0.4 is 4.18 Å². The van der Waals surface area contributed by atoms with Crippen molar-refractivity contribution in [3.05, 3.63) is 33.9 Å². The van der Waals surface area contributed by atoms with E-state index >= 15 is 0 Å². The van der Waals surface area contributed by atoms with Crippen LogP contribution in [0.1, 0.15) is 5.56 Å². The minimum absolute atomic E-state index is 0.0698. The topological polar surface area (TPSA) is 130 Å². The van der Waals surface area contributed by atoms with Crippen LogP contribution in [-0.2, 0) is 30.8 Å². The van der Waals surface area contributed by atoms with Gasteiger partial charge in [0.15, 0.2) is 0 Å². The molecule has 11 heteroatoms. The van der Waals surface area contributed by atoms with E-state index in [-0.39, 0.29) is 30.0 Å². The number of benzene rings is 1. The van der Waals surface area contributed by atoms with Gasteiger partial charge in [0.1, 0.15) is 5.75 Å². The second-order valence-corrected chi connectivity index (χ2v) is 7.33. The maximum Gasteiger partial charge on any atom is 0.306 e. The number of hydrogen-bond acceptors (Lipinski definition) is 8. The zero-order chi connectivity index (χ0) is 16.3. The minimum Gasteiger partial charge on any atom is -0.382 e. The van der Waals surface area contributed by atoms with Gasteiger partial charge in [0, 0.05) is 24.1 Å². The number of hydrogen-bond donors (Lipinski definition) is 0. The predicted octanol–water partition coefficient (Wildman–Crippen LogP) is 0.452. The average Bonchev–Trinajstić information content (AvgIpc) is 2.27. The molecule has 9 nitrogen and oxygen atoms in total. The highest BCUT2D eigenvalue weighted by Crippen LogP contribution is 2.26. The van der Waals surface area contributed by atoms with E-state index in [2.05, 4.69) is 4.18 Å². The Morgan fingerprint density at radius 3 is 2.24 bits per heavy atom. The first-order chi connectivity index (χ1) is 9.48. The molecule has 0 aromatic heterocycles. The van der Waals surface area contributed by atoms with Gasteiger partial charge in [-0.05, 0) is 6.07 Å². The quantitative estimate of drug-likeness (QED) is 0.397. The average molecular weight is 339 g/mol. The monoisotopic (exact) mass is 339 g/mol. The maximum atomic E-state index is 11.1. The molecule has 1 rings (SSSR count). The third kappa shape index (κ3) is 6.51. The number of rotatable bonds is 7. The van der Waals surface area contributed by atoms with Crippen LogP contribution in [0.25, 0.3) is 0 Å². The lowest BCUT2D eigenvalue weighted by molar-refractivity contribution is -0.384. The molecule has 1 aromatic rings. The number of nitrogens with zero attached hydrogens (tertiary/aromatic N) is 1. The van der Waals surface area contributed by atoms with E-state index in [0.717, 1.165) is 30.7 Å². The Labute approximate surface area is 121 Å². The van der Waals surface area contributed by atoms with Gasteiger partial charge in [0.2, 0.25) is 0 Å². The van der Waals surface area contributed by atoms with Crippen molar-refractivity contribution in [3.8, 4) is 5.75 Å². The van der Waals surface area contributed by atoms with E-state index in [1.165, 1.54) is 0 Å². The third-order valence-electron chi connectivity index (χ3n) is 2.16. The molecule has 0 spiro atoms. The molecule has 0 N–H and O–H groups in total. The molecule has 0 aliphatic carbocycles. The van der Waals surface area contributed by atoms with Crippen molar-refractivity contribution in [3.63, 3.8) is 0 Å². The molecule has 118 valence electrons. The number of nitro benzene ring substituents is 1. The van der Waals surface area contributed by atoms with Crippen LogP contribution in [0.5, 0.6) is 5.75 Å². The van der Waals surface area contributed by atoms with Gasteiger partial charge in [0.05, 0.1) is 24.0 Å². The van der Waals surface area contributed by atoms with Gasteiger partial charge in [-0.1, -0.05) is 0 Å². The summed E-state index contributed by atoms with van der Waals surface area (Å²) in [6.45, 7) is -0.292. The lowest BCUT2D eigenvalue weighted by atomic mass is 10.1. The molecule has 0 bridgehead atoms. The van der Waals surface area contributed by atoms with E-state index in [1.54, 1.807) is 0 Å². The molecule has 1 aromatic carbocycles. The van der Waals surface area contributed by atoms with Crippen molar-refractivity contribution in [1.29, 1.82) is 0 Å². The Hall–Kier alpha value is -1.72. The van der Waals surface area contributed by atoms with Crippen molar-refractivity contribution in [2.45, 2.75) is 6.42 Å². The fourth-order valence-electron chi connectivity index (χ4n) is 1.42. The molecular formula is C10H13NO8S2. The zero-order valence-electron chi connectivity index (χ0n) is 11.2. The van der Waals surface area contributed by atoms with Gasteiger partial charge >= 0.3 is 10.1 Å². The summed E-state index contributed by atoms with van der Waals surface area (Å²) >= 11 is 0. The van der Waals surface area contributed by atoms with E-state index in [9.17, 15) is 26.9 Å². The Kier molecular flexibility index (Phi) is 5.25. The van der Waals surface area contributed by atoms with Crippen LogP contribution in [0.3, 0.4) is 0 Å². The normalized spacial score (nSPS) is 12.1. The first-order valence-corrected chi connectivity index (χ1v) is 9.12. The van der Waals surface area contributed by atoms with Crippen LogP contribution in [0.2, 0.25) is 0 Å². The number of nitro groups is 1. The van der Waals surface area contributed by atoms with Crippen molar-refractivity contribution in [2.24, 2.45) is 0 Å². The molecule has 0 unspecified atom stereocenters. The van der Waals surface area contributed by atoms with Crippen LogP contribution in [0, 0.1) is 10.1 Å². The fourth-order valence-corrected chi connectivity index (χ4v) is 2.30. The van der Waals surface area contributed by atoms with Crippen LogP contribution in [0.15, 0.2) is 18.2 Å². The summed E-state index contributed by atoms with van der Waals surface area (Å²) in [4.78, 5) is 10.0. The minimum atomic E-state index is -3.82. The van der Waals surface area contributed by atoms with Crippen LogP contribution in [0.4, 0.5) is 5.69 Å². The Morgan fingerprint density at radius 1 is 1.14 bits per heavy atom. The summed E-state index contributed by atoms with van der Waals surface area (Å²) in [6.07, 6.45) is 1.61. The van der Waals surface area contributed by atoms with Gasteiger partial charge in [0.25, 0.3) is 15.8 Å². The van der Waals surface area contributed by atoms with Crippen LogP contribution in [-0.4, -0.2) is 40.9 Å². The molecule has 21 heavy (non-hydrogen) atoms. The van der Waals surface area contributed by atoms with Crippen molar-refractivity contribution < 1.29 is 30.1 Å². The Morgan fingerprint density at radius 2 is 1.76 bits per heavy atom. The SMILES string of the molecule is CS(=O)(=O)OCCc1cc([N+](=O)[O-])ccc1OS(C)(=O)=O. The summed E-state index contributed by atoms with van der Waals surface area (Å²) < 4.78 is 53.2. The fraction of sp³-hybridized carbons (Fsp3) is 0.400.